The second-order valence-corrected chi connectivity index (χ2v) is 8.52. The molecule has 0 fully saturated rings. The Labute approximate surface area is 210 Å². The summed E-state index contributed by atoms with van der Waals surface area (Å²) < 4.78 is 56.1. The molecule has 1 aromatic carbocycles. The second kappa shape index (κ2) is 9.99. The molecule has 4 rings (SSSR count). The molecule has 190 valence electrons. The topological polar surface area (TPSA) is 104 Å². The molecule has 2 unspecified atom stereocenters. The number of hydrogen-bond acceptors (Lipinski definition) is 6. The third-order valence-electron chi connectivity index (χ3n) is 5.06. The van der Waals surface area contributed by atoms with E-state index in [9.17, 15) is 27.5 Å². The van der Waals surface area contributed by atoms with Gasteiger partial charge < -0.3 is 5.11 Å². The molecule has 0 aliphatic rings. The minimum absolute atomic E-state index is 0.0554. The number of hydrogen-bond donors (Lipinski definition) is 1. The Morgan fingerprint density at radius 1 is 1.11 bits per heavy atom. The number of rotatable bonds is 7. The van der Waals surface area contributed by atoms with Gasteiger partial charge in [0.1, 0.15) is 12.2 Å². The first-order valence-electron chi connectivity index (χ1n) is 10.3. The highest BCUT2D eigenvalue weighted by Gasteiger charge is 2.39. The van der Waals surface area contributed by atoms with Crippen LogP contribution in [0.2, 0.25) is 10.0 Å². The maximum Gasteiger partial charge on any atom is 0.416 e. The summed E-state index contributed by atoms with van der Waals surface area (Å²) in [6.45, 7) is -0.272. The van der Waals surface area contributed by atoms with Crippen molar-refractivity contribution >= 4 is 23.2 Å². The van der Waals surface area contributed by atoms with Crippen molar-refractivity contribution in [2.45, 2.75) is 38.5 Å². The largest absolute Gasteiger partial charge is 0.416 e. The highest BCUT2D eigenvalue weighted by Crippen LogP contribution is 2.25. The molecular formula is C21H17Cl2F4N7O2. The summed E-state index contributed by atoms with van der Waals surface area (Å²) in [6.07, 6.45) is -6.58. The van der Waals surface area contributed by atoms with Crippen molar-refractivity contribution < 1.29 is 22.7 Å². The molecule has 0 bridgehead atoms. The van der Waals surface area contributed by atoms with Crippen LogP contribution >= 0.6 is 23.2 Å². The van der Waals surface area contributed by atoms with Gasteiger partial charge in [0.05, 0.1) is 17.8 Å². The zero-order chi connectivity index (χ0) is 26.2. The zero-order valence-electron chi connectivity index (χ0n) is 18.4. The van der Waals surface area contributed by atoms with Crippen LogP contribution < -0.4 is 5.69 Å². The average Bonchev–Trinajstić information content (AvgIpc) is 3.36. The van der Waals surface area contributed by atoms with E-state index in [-0.39, 0.29) is 33.7 Å². The number of aliphatic hydroxyl groups is 1. The zero-order valence-corrected chi connectivity index (χ0v) is 19.9. The van der Waals surface area contributed by atoms with Crippen molar-refractivity contribution in [2.75, 3.05) is 0 Å². The molecule has 15 heteroatoms. The average molecular weight is 546 g/mol. The van der Waals surface area contributed by atoms with Crippen molar-refractivity contribution in [3.63, 3.8) is 0 Å². The fourth-order valence-corrected chi connectivity index (χ4v) is 3.64. The highest BCUT2D eigenvalue weighted by atomic mass is 35.5. The molecule has 2 atom stereocenters. The van der Waals surface area contributed by atoms with E-state index in [0.29, 0.717) is 9.59 Å². The predicted molar refractivity (Wildman–Crippen MR) is 122 cm³/mol. The van der Waals surface area contributed by atoms with Crippen molar-refractivity contribution in [1.82, 2.24) is 34.1 Å². The van der Waals surface area contributed by atoms with E-state index in [1.54, 1.807) is 0 Å². The normalized spacial score (nSPS) is 13.7. The monoisotopic (exact) mass is 545 g/mol. The Balaban J connectivity index is 1.78. The first-order valence-corrected chi connectivity index (χ1v) is 11.1. The van der Waals surface area contributed by atoms with Gasteiger partial charge in [-0.15, -0.1) is 10.2 Å². The summed E-state index contributed by atoms with van der Waals surface area (Å²) in [4.78, 5) is 21.1. The van der Waals surface area contributed by atoms with Gasteiger partial charge in [0.2, 0.25) is 0 Å². The molecule has 0 radical (unpaired) electrons. The maximum absolute atomic E-state index is 14.3. The van der Waals surface area contributed by atoms with Crippen LogP contribution in [0.25, 0.3) is 17.1 Å². The van der Waals surface area contributed by atoms with Gasteiger partial charge in [-0.3, -0.25) is 9.55 Å². The second-order valence-electron chi connectivity index (χ2n) is 7.68. The molecule has 0 aliphatic carbocycles. The van der Waals surface area contributed by atoms with Crippen LogP contribution in [0.3, 0.4) is 0 Å². The van der Waals surface area contributed by atoms with Gasteiger partial charge in [0.15, 0.2) is 29.7 Å². The molecule has 0 spiro atoms. The minimum Gasteiger partial charge on any atom is -0.382 e. The lowest BCUT2D eigenvalue weighted by atomic mass is 10.2. The molecule has 0 saturated heterocycles. The molecule has 9 nitrogen and oxygen atoms in total. The van der Waals surface area contributed by atoms with Gasteiger partial charge in [-0.25, -0.2) is 23.5 Å². The molecular weight excluding hydrogens is 529 g/mol. The minimum atomic E-state index is -4.96. The Morgan fingerprint density at radius 2 is 1.81 bits per heavy atom. The number of benzene rings is 1. The van der Waals surface area contributed by atoms with Crippen LogP contribution in [0, 0.1) is 0 Å². The number of aliphatic hydroxyl groups excluding tert-OH is 1. The molecule has 0 aliphatic heterocycles. The third kappa shape index (κ3) is 5.27. The summed E-state index contributed by atoms with van der Waals surface area (Å²) >= 11 is 12.1. The van der Waals surface area contributed by atoms with Gasteiger partial charge in [0.25, 0.3) is 0 Å². The maximum atomic E-state index is 14.3. The summed E-state index contributed by atoms with van der Waals surface area (Å²) in [6, 6.07) is 7.35. The number of halogens is 6. The van der Waals surface area contributed by atoms with Crippen LogP contribution in [0.15, 0.2) is 47.5 Å². The van der Waals surface area contributed by atoms with E-state index in [0.717, 1.165) is 9.36 Å². The standard InChI is InChI=1S/C21H17Cl2F4N7O2/c1-11(24)18-29-17(30-34(18)15-8-28-7-6-14(15)23)10-33-20(36)32(9-16(35)21(25,26)27)19(31-33)12-2-4-13(22)5-3-12/h2-8,11,16,35H,9-10H2,1H3. The van der Waals surface area contributed by atoms with Crippen molar-refractivity contribution in [1.29, 1.82) is 0 Å². The van der Waals surface area contributed by atoms with E-state index >= 15 is 0 Å². The summed E-state index contributed by atoms with van der Waals surface area (Å²) in [5, 5.41) is 18.5. The summed E-state index contributed by atoms with van der Waals surface area (Å²) in [5.74, 6) is -0.327. The highest BCUT2D eigenvalue weighted by molar-refractivity contribution is 6.32. The Morgan fingerprint density at radius 3 is 2.42 bits per heavy atom. The van der Waals surface area contributed by atoms with Crippen LogP contribution in [-0.2, 0) is 13.1 Å². The van der Waals surface area contributed by atoms with Crippen LogP contribution in [0.5, 0.6) is 0 Å². The van der Waals surface area contributed by atoms with E-state index in [1.807, 2.05) is 0 Å². The molecule has 0 saturated carbocycles. The molecule has 36 heavy (non-hydrogen) atoms. The summed E-state index contributed by atoms with van der Waals surface area (Å²) in [5.41, 5.74) is -0.442. The lowest BCUT2D eigenvalue weighted by molar-refractivity contribution is -0.207. The molecule has 3 heterocycles. The van der Waals surface area contributed by atoms with Gasteiger partial charge in [-0.1, -0.05) is 23.2 Å². The Hall–Kier alpha value is -3.29. The van der Waals surface area contributed by atoms with E-state index < -0.39 is 37.2 Å². The molecule has 4 aromatic rings. The molecule has 3 aromatic heterocycles. The smallest absolute Gasteiger partial charge is 0.382 e. The first kappa shape index (κ1) is 25.8. The van der Waals surface area contributed by atoms with E-state index in [2.05, 4.69) is 20.2 Å². The van der Waals surface area contributed by atoms with Gasteiger partial charge in [0, 0.05) is 16.8 Å². The van der Waals surface area contributed by atoms with Crippen LogP contribution in [-0.4, -0.2) is 51.5 Å². The fraction of sp³-hybridized carbons (Fsp3) is 0.286. The Bertz CT molecular complexity index is 1430. The first-order chi connectivity index (χ1) is 17.0. The number of alkyl halides is 4. The number of pyridine rings is 1. The molecule has 1 N–H and O–H groups in total. The predicted octanol–water partition coefficient (Wildman–Crippen LogP) is 4.00. The van der Waals surface area contributed by atoms with Gasteiger partial charge in [-0.05, 0) is 37.3 Å². The van der Waals surface area contributed by atoms with E-state index in [1.165, 1.54) is 49.6 Å². The third-order valence-corrected chi connectivity index (χ3v) is 5.63. The lowest BCUT2D eigenvalue weighted by Crippen LogP contribution is -2.37. The van der Waals surface area contributed by atoms with Gasteiger partial charge in [-0.2, -0.15) is 13.2 Å². The quantitative estimate of drug-likeness (QED) is 0.352. The van der Waals surface area contributed by atoms with Crippen LogP contribution in [0.1, 0.15) is 24.7 Å². The summed E-state index contributed by atoms with van der Waals surface area (Å²) in [7, 11) is 0. The SMILES string of the molecule is CC(F)c1nc(Cn2nc(-c3ccc(Cl)cc3)n(CC(O)C(F)(F)F)c2=O)nn1-c1cnccc1Cl. The van der Waals surface area contributed by atoms with Gasteiger partial charge >= 0.3 is 11.9 Å². The van der Waals surface area contributed by atoms with Crippen molar-refractivity contribution in [2.24, 2.45) is 0 Å². The van der Waals surface area contributed by atoms with Crippen molar-refractivity contribution in [3.8, 4) is 17.1 Å². The molecule has 0 amide bonds. The fourth-order valence-electron chi connectivity index (χ4n) is 3.33. The van der Waals surface area contributed by atoms with Crippen molar-refractivity contribution in [3.05, 3.63) is 74.9 Å². The lowest BCUT2D eigenvalue weighted by Gasteiger charge is -2.15. The number of aromatic nitrogens is 7. The Kier molecular flexibility index (Phi) is 7.16. The van der Waals surface area contributed by atoms with E-state index in [4.69, 9.17) is 23.2 Å². The van der Waals surface area contributed by atoms with Crippen LogP contribution in [0.4, 0.5) is 17.6 Å². The number of nitrogens with zero attached hydrogens (tertiary/aromatic N) is 7.